The van der Waals surface area contributed by atoms with Crippen LogP contribution in [0.1, 0.15) is 21.6 Å². The van der Waals surface area contributed by atoms with E-state index in [4.69, 9.17) is 0 Å². The number of benzene rings is 1. The van der Waals surface area contributed by atoms with Gasteiger partial charge in [-0.25, -0.2) is 9.37 Å². The van der Waals surface area contributed by atoms with Gasteiger partial charge in [-0.1, -0.05) is 12.1 Å². The number of aromatic nitrogens is 4. The standard InChI is InChI=1S/C20H16FN5O/c21-17-5-4-15(13-9-22-23-10-13)19-16(17)12-26(20(19)27)8-6-14-11-25-7-2-1-3-18(25)24-14/h1-5,7,9-11H,6,8,12H2,(H,22,23). The van der Waals surface area contributed by atoms with Gasteiger partial charge in [-0.3, -0.25) is 9.89 Å². The summed E-state index contributed by atoms with van der Waals surface area (Å²) in [5.74, 6) is -0.495. The second-order valence-corrected chi connectivity index (χ2v) is 6.61. The van der Waals surface area contributed by atoms with Gasteiger partial charge in [-0.05, 0) is 23.8 Å². The smallest absolute Gasteiger partial charge is 0.255 e. The molecule has 6 nitrogen and oxygen atoms in total. The first-order chi connectivity index (χ1) is 13.2. The van der Waals surface area contributed by atoms with E-state index in [9.17, 15) is 9.18 Å². The lowest BCUT2D eigenvalue weighted by Crippen LogP contribution is -2.26. The molecule has 1 amide bonds. The molecule has 0 aliphatic carbocycles. The number of imidazole rings is 1. The Bertz CT molecular complexity index is 1120. The van der Waals surface area contributed by atoms with Crippen LogP contribution in [-0.2, 0) is 13.0 Å². The molecule has 0 radical (unpaired) electrons. The summed E-state index contributed by atoms with van der Waals surface area (Å²) < 4.78 is 16.3. The molecule has 27 heavy (non-hydrogen) atoms. The summed E-state index contributed by atoms with van der Waals surface area (Å²) in [6, 6.07) is 8.88. The van der Waals surface area contributed by atoms with Crippen LogP contribution < -0.4 is 0 Å². The maximum absolute atomic E-state index is 14.3. The fourth-order valence-corrected chi connectivity index (χ4v) is 3.62. The molecule has 1 aliphatic heterocycles. The first-order valence-electron chi connectivity index (χ1n) is 8.73. The third-order valence-corrected chi connectivity index (χ3v) is 4.97. The van der Waals surface area contributed by atoms with Gasteiger partial charge in [0.1, 0.15) is 11.5 Å². The van der Waals surface area contributed by atoms with Gasteiger partial charge < -0.3 is 9.30 Å². The molecule has 0 spiro atoms. The van der Waals surface area contributed by atoms with Gasteiger partial charge in [0.25, 0.3) is 5.91 Å². The molecular weight excluding hydrogens is 345 g/mol. The first-order valence-corrected chi connectivity index (χ1v) is 8.73. The van der Waals surface area contributed by atoms with Crippen molar-refractivity contribution in [3.05, 3.63) is 77.8 Å². The predicted octanol–water partition coefficient (Wildman–Crippen LogP) is 3.06. The largest absolute Gasteiger partial charge is 0.334 e. The first kappa shape index (κ1) is 15.7. The lowest BCUT2D eigenvalue weighted by Gasteiger charge is -2.14. The van der Waals surface area contributed by atoms with Crippen molar-refractivity contribution in [2.45, 2.75) is 13.0 Å². The number of rotatable bonds is 4. The average molecular weight is 361 g/mol. The summed E-state index contributed by atoms with van der Waals surface area (Å²) in [6.45, 7) is 0.765. The number of hydrogen-bond donors (Lipinski definition) is 1. The average Bonchev–Trinajstić information content (AvgIpc) is 3.40. The second kappa shape index (κ2) is 6.05. The summed E-state index contributed by atoms with van der Waals surface area (Å²) >= 11 is 0. The number of H-pyrrole nitrogens is 1. The molecular formula is C20H16FN5O. The van der Waals surface area contributed by atoms with Crippen molar-refractivity contribution in [1.82, 2.24) is 24.5 Å². The lowest BCUT2D eigenvalue weighted by atomic mass is 9.98. The summed E-state index contributed by atoms with van der Waals surface area (Å²) in [5.41, 5.74) is 4.15. The fraction of sp³-hybridized carbons (Fsp3) is 0.150. The highest BCUT2D eigenvalue weighted by Gasteiger charge is 2.32. The van der Waals surface area contributed by atoms with Crippen molar-refractivity contribution >= 4 is 11.6 Å². The molecule has 4 aromatic rings. The van der Waals surface area contributed by atoms with Gasteiger partial charge in [0.15, 0.2) is 0 Å². The van der Waals surface area contributed by atoms with Crippen molar-refractivity contribution in [2.75, 3.05) is 6.54 Å². The topological polar surface area (TPSA) is 66.3 Å². The van der Waals surface area contributed by atoms with Crippen LogP contribution in [-0.4, -0.2) is 36.9 Å². The molecule has 5 rings (SSSR count). The van der Waals surface area contributed by atoms with E-state index in [1.54, 1.807) is 23.4 Å². The highest BCUT2D eigenvalue weighted by Crippen LogP contribution is 2.34. The van der Waals surface area contributed by atoms with Gasteiger partial charge >= 0.3 is 0 Å². The number of nitrogens with one attached hydrogen (secondary N) is 1. The van der Waals surface area contributed by atoms with Crippen LogP contribution in [0, 0.1) is 5.82 Å². The molecule has 7 heteroatoms. The Kier molecular flexibility index (Phi) is 3.53. The molecule has 1 aromatic carbocycles. The van der Waals surface area contributed by atoms with Crippen molar-refractivity contribution in [2.24, 2.45) is 0 Å². The van der Waals surface area contributed by atoms with Crippen LogP contribution in [0.2, 0.25) is 0 Å². The Morgan fingerprint density at radius 1 is 1.22 bits per heavy atom. The van der Waals surface area contributed by atoms with Gasteiger partial charge in [0, 0.05) is 49.2 Å². The maximum Gasteiger partial charge on any atom is 0.255 e. The SMILES string of the molecule is O=C1c2c(-c3cn[nH]c3)ccc(F)c2CN1CCc1cn2ccccc2n1. The minimum atomic E-state index is -0.346. The van der Waals surface area contributed by atoms with Gasteiger partial charge in [-0.2, -0.15) is 5.10 Å². The molecule has 1 aliphatic rings. The summed E-state index contributed by atoms with van der Waals surface area (Å²) in [6.07, 6.45) is 7.86. The van der Waals surface area contributed by atoms with Gasteiger partial charge in [0.05, 0.1) is 17.5 Å². The maximum atomic E-state index is 14.3. The van der Waals surface area contributed by atoms with Gasteiger partial charge in [0.2, 0.25) is 0 Å². The van der Waals surface area contributed by atoms with Crippen LogP contribution in [0.25, 0.3) is 16.8 Å². The number of pyridine rings is 1. The van der Waals surface area contributed by atoms with Gasteiger partial charge in [-0.15, -0.1) is 0 Å². The lowest BCUT2D eigenvalue weighted by molar-refractivity contribution is 0.0780. The predicted molar refractivity (Wildman–Crippen MR) is 97.6 cm³/mol. The molecule has 0 saturated carbocycles. The van der Waals surface area contributed by atoms with E-state index in [-0.39, 0.29) is 18.3 Å². The van der Waals surface area contributed by atoms with E-state index in [2.05, 4.69) is 15.2 Å². The molecule has 0 bridgehead atoms. The van der Waals surface area contributed by atoms with Crippen molar-refractivity contribution in [1.29, 1.82) is 0 Å². The van der Waals surface area contributed by atoms with E-state index in [1.807, 2.05) is 35.0 Å². The number of nitrogens with zero attached hydrogens (tertiary/aromatic N) is 4. The quantitative estimate of drug-likeness (QED) is 0.607. The molecule has 1 N–H and O–H groups in total. The fourth-order valence-electron chi connectivity index (χ4n) is 3.62. The van der Waals surface area contributed by atoms with Crippen LogP contribution >= 0.6 is 0 Å². The number of halogens is 1. The normalized spacial score (nSPS) is 13.5. The van der Waals surface area contributed by atoms with Crippen LogP contribution in [0.5, 0.6) is 0 Å². The number of amides is 1. The van der Waals surface area contributed by atoms with E-state index in [0.29, 0.717) is 29.7 Å². The van der Waals surface area contributed by atoms with E-state index >= 15 is 0 Å². The zero-order valence-electron chi connectivity index (χ0n) is 14.4. The number of carbonyl (C=O) groups excluding carboxylic acids is 1. The molecule has 3 aromatic heterocycles. The monoisotopic (exact) mass is 361 g/mol. The Hall–Kier alpha value is -3.48. The number of fused-ring (bicyclic) bond motifs is 2. The van der Waals surface area contributed by atoms with Crippen LogP contribution in [0.3, 0.4) is 0 Å². The van der Waals surface area contributed by atoms with Crippen molar-refractivity contribution < 1.29 is 9.18 Å². The van der Waals surface area contributed by atoms with Crippen molar-refractivity contribution in [3.63, 3.8) is 0 Å². The molecule has 0 fully saturated rings. The molecule has 4 heterocycles. The zero-order chi connectivity index (χ0) is 18.4. The Morgan fingerprint density at radius 3 is 2.96 bits per heavy atom. The molecule has 134 valence electrons. The highest BCUT2D eigenvalue weighted by atomic mass is 19.1. The summed E-state index contributed by atoms with van der Waals surface area (Å²) in [7, 11) is 0. The minimum absolute atomic E-state index is 0.149. The van der Waals surface area contributed by atoms with E-state index in [1.165, 1.54) is 6.07 Å². The Balaban J connectivity index is 1.41. The molecule has 0 atom stereocenters. The second-order valence-electron chi connectivity index (χ2n) is 6.61. The molecule has 0 unspecified atom stereocenters. The summed E-state index contributed by atoms with van der Waals surface area (Å²) in [5, 5.41) is 6.67. The third-order valence-electron chi connectivity index (χ3n) is 4.97. The Morgan fingerprint density at radius 2 is 2.15 bits per heavy atom. The number of aromatic amines is 1. The number of hydrogen-bond acceptors (Lipinski definition) is 3. The summed E-state index contributed by atoms with van der Waals surface area (Å²) in [4.78, 5) is 19.2. The molecule has 0 saturated heterocycles. The highest BCUT2D eigenvalue weighted by molar-refractivity contribution is 6.04. The minimum Gasteiger partial charge on any atom is -0.334 e. The van der Waals surface area contributed by atoms with Crippen LogP contribution in [0.4, 0.5) is 4.39 Å². The van der Waals surface area contributed by atoms with E-state index < -0.39 is 0 Å². The number of carbonyl (C=O) groups is 1. The third kappa shape index (κ3) is 2.59. The Labute approximate surface area is 154 Å². The van der Waals surface area contributed by atoms with E-state index in [0.717, 1.165) is 16.9 Å². The zero-order valence-corrected chi connectivity index (χ0v) is 14.4. The van der Waals surface area contributed by atoms with Crippen LogP contribution in [0.15, 0.2) is 55.1 Å². The van der Waals surface area contributed by atoms with Crippen molar-refractivity contribution in [3.8, 4) is 11.1 Å².